The fourth-order valence-electron chi connectivity index (χ4n) is 1.82. The van der Waals surface area contributed by atoms with E-state index in [1.807, 2.05) is 19.1 Å². The number of benzene rings is 1. The zero-order valence-electron chi connectivity index (χ0n) is 12.1. The van der Waals surface area contributed by atoms with Crippen LogP contribution in [0.2, 0.25) is 0 Å². The molecule has 0 bridgehead atoms. The molecule has 0 heterocycles. The number of nitrogens with two attached hydrogens (primary N) is 2. The van der Waals surface area contributed by atoms with Gasteiger partial charge in [-0.05, 0) is 36.6 Å². The zero-order valence-corrected chi connectivity index (χ0v) is 12.1. The van der Waals surface area contributed by atoms with Crippen molar-refractivity contribution < 1.29 is 9.59 Å². The highest BCUT2D eigenvalue weighted by molar-refractivity contribution is 5.92. The quantitative estimate of drug-likeness (QED) is 0.782. The van der Waals surface area contributed by atoms with Crippen molar-refractivity contribution in [1.82, 2.24) is 4.90 Å². The summed E-state index contributed by atoms with van der Waals surface area (Å²) in [4.78, 5) is 24.6. The molecule has 0 aromatic heterocycles. The van der Waals surface area contributed by atoms with Crippen molar-refractivity contribution in [3.05, 3.63) is 35.4 Å². The molecule has 20 heavy (non-hydrogen) atoms. The van der Waals surface area contributed by atoms with Crippen molar-refractivity contribution >= 4 is 11.8 Å². The summed E-state index contributed by atoms with van der Waals surface area (Å²) in [5.74, 6) is 0.0169. The number of rotatable bonds is 7. The highest BCUT2D eigenvalue weighted by atomic mass is 16.2. The summed E-state index contributed by atoms with van der Waals surface area (Å²) in [7, 11) is 1.78. The molecule has 5 nitrogen and oxygen atoms in total. The molecule has 2 amide bonds. The molecular weight excluding hydrogens is 254 g/mol. The van der Waals surface area contributed by atoms with E-state index in [-0.39, 0.29) is 5.91 Å². The first-order chi connectivity index (χ1) is 9.43. The SMILES string of the molecule is CC(CN)CCC(=O)N(C)Cc1ccc(C(N)=O)cc1. The first-order valence-electron chi connectivity index (χ1n) is 6.76. The van der Waals surface area contributed by atoms with E-state index < -0.39 is 5.91 Å². The first-order valence-corrected chi connectivity index (χ1v) is 6.76. The van der Waals surface area contributed by atoms with Gasteiger partial charge in [0.1, 0.15) is 0 Å². The van der Waals surface area contributed by atoms with Crippen LogP contribution in [0.1, 0.15) is 35.7 Å². The fraction of sp³-hybridized carbons (Fsp3) is 0.467. The van der Waals surface area contributed by atoms with Crippen LogP contribution in [0.25, 0.3) is 0 Å². The number of amides is 2. The summed E-state index contributed by atoms with van der Waals surface area (Å²) in [6.45, 7) is 3.16. The lowest BCUT2D eigenvalue weighted by Gasteiger charge is -2.18. The molecule has 0 spiro atoms. The Morgan fingerprint density at radius 2 is 1.85 bits per heavy atom. The smallest absolute Gasteiger partial charge is 0.248 e. The maximum Gasteiger partial charge on any atom is 0.248 e. The van der Waals surface area contributed by atoms with Crippen molar-refractivity contribution in [3.63, 3.8) is 0 Å². The van der Waals surface area contributed by atoms with E-state index in [2.05, 4.69) is 0 Å². The molecule has 5 heteroatoms. The highest BCUT2D eigenvalue weighted by Gasteiger charge is 2.11. The van der Waals surface area contributed by atoms with Crippen molar-refractivity contribution in [2.45, 2.75) is 26.3 Å². The van der Waals surface area contributed by atoms with Crippen molar-refractivity contribution in [1.29, 1.82) is 0 Å². The summed E-state index contributed by atoms with van der Waals surface area (Å²) in [5, 5.41) is 0. The van der Waals surface area contributed by atoms with Gasteiger partial charge in [0.2, 0.25) is 11.8 Å². The van der Waals surface area contributed by atoms with E-state index in [0.29, 0.717) is 31.0 Å². The van der Waals surface area contributed by atoms with Gasteiger partial charge in [-0.3, -0.25) is 9.59 Å². The Balaban J connectivity index is 2.50. The van der Waals surface area contributed by atoms with Crippen LogP contribution < -0.4 is 11.5 Å². The predicted molar refractivity (Wildman–Crippen MR) is 78.9 cm³/mol. The number of nitrogens with zero attached hydrogens (tertiary/aromatic N) is 1. The van der Waals surface area contributed by atoms with Gasteiger partial charge in [0.25, 0.3) is 0 Å². The second-order valence-electron chi connectivity index (χ2n) is 5.19. The van der Waals surface area contributed by atoms with Gasteiger partial charge in [0, 0.05) is 25.6 Å². The molecule has 0 saturated heterocycles. The van der Waals surface area contributed by atoms with Gasteiger partial charge in [0.05, 0.1) is 0 Å². The van der Waals surface area contributed by atoms with E-state index in [9.17, 15) is 9.59 Å². The Hall–Kier alpha value is -1.88. The van der Waals surface area contributed by atoms with Crippen LogP contribution in [0.3, 0.4) is 0 Å². The molecule has 0 aliphatic heterocycles. The summed E-state index contributed by atoms with van der Waals surface area (Å²) >= 11 is 0. The second-order valence-corrected chi connectivity index (χ2v) is 5.19. The van der Waals surface area contributed by atoms with E-state index in [1.165, 1.54) is 0 Å². The molecule has 1 rings (SSSR count). The topological polar surface area (TPSA) is 89.4 Å². The van der Waals surface area contributed by atoms with Gasteiger partial charge in [-0.2, -0.15) is 0 Å². The Kier molecular flexibility index (Phi) is 6.18. The Bertz CT molecular complexity index is 457. The van der Waals surface area contributed by atoms with Gasteiger partial charge in [0.15, 0.2) is 0 Å². The summed E-state index contributed by atoms with van der Waals surface area (Å²) in [6, 6.07) is 6.97. The first kappa shape index (κ1) is 16.2. The molecule has 0 fully saturated rings. The normalized spacial score (nSPS) is 11.9. The minimum absolute atomic E-state index is 0.101. The lowest BCUT2D eigenvalue weighted by atomic mass is 10.1. The second kappa shape index (κ2) is 7.65. The number of hydrogen-bond donors (Lipinski definition) is 2. The van der Waals surface area contributed by atoms with Crippen molar-refractivity contribution in [3.8, 4) is 0 Å². The minimum Gasteiger partial charge on any atom is -0.366 e. The lowest BCUT2D eigenvalue weighted by Crippen LogP contribution is -2.27. The third-order valence-corrected chi connectivity index (χ3v) is 3.34. The third-order valence-electron chi connectivity index (χ3n) is 3.34. The number of carbonyl (C=O) groups is 2. The average molecular weight is 277 g/mol. The summed E-state index contributed by atoms with van der Waals surface area (Å²) < 4.78 is 0. The van der Waals surface area contributed by atoms with E-state index in [0.717, 1.165) is 12.0 Å². The maximum atomic E-state index is 12.0. The molecule has 1 unspecified atom stereocenters. The third kappa shape index (κ3) is 5.01. The van der Waals surface area contributed by atoms with Crippen LogP contribution in [-0.4, -0.2) is 30.3 Å². The zero-order chi connectivity index (χ0) is 15.1. The van der Waals surface area contributed by atoms with Crippen LogP contribution in [0.5, 0.6) is 0 Å². The average Bonchev–Trinajstić information content (AvgIpc) is 2.44. The largest absolute Gasteiger partial charge is 0.366 e. The lowest BCUT2D eigenvalue weighted by molar-refractivity contribution is -0.130. The molecular formula is C15H23N3O2. The van der Waals surface area contributed by atoms with Crippen LogP contribution >= 0.6 is 0 Å². The molecule has 0 saturated carbocycles. The van der Waals surface area contributed by atoms with E-state index in [4.69, 9.17) is 11.5 Å². The van der Waals surface area contributed by atoms with Crippen LogP contribution in [0.15, 0.2) is 24.3 Å². The van der Waals surface area contributed by atoms with Gasteiger partial charge in [-0.15, -0.1) is 0 Å². The van der Waals surface area contributed by atoms with Crippen LogP contribution in [0.4, 0.5) is 0 Å². The molecule has 4 N–H and O–H groups in total. The minimum atomic E-state index is -0.447. The highest BCUT2D eigenvalue weighted by Crippen LogP contribution is 2.10. The standard InChI is InChI=1S/C15H23N3O2/c1-11(9-16)3-8-14(19)18(2)10-12-4-6-13(7-5-12)15(17)20/h4-7,11H,3,8-10,16H2,1-2H3,(H2,17,20). The number of carbonyl (C=O) groups excluding carboxylic acids is 2. The summed E-state index contributed by atoms with van der Waals surface area (Å²) in [5.41, 5.74) is 12.2. The molecule has 1 aromatic carbocycles. The van der Waals surface area contributed by atoms with Gasteiger partial charge >= 0.3 is 0 Å². The number of primary amides is 1. The Morgan fingerprint density at radius 3 is 2.35 bits per heavy atom. The summed E-state index contributed by atoms with van der Waals surface area (Å²) in [6.07, 6.45) is 1.31. The molecule has 0 aliphatic rings. The molecule has 1 aromatic rings. The van der Waals surface area contributed by atoms with Crippen molar-refractivity contribution in [2.24, 2.45) is 17.4 Å². The van der Waals surface area contributed by atoms with Gasteiger partial charge < -0.3 is 16.4 Å². The molecule has 1 atom stereocenters. The predicted octanol–water partition coefficient (Wildman–Crippen LogP) is 1.12. The van der Waals surface area contributed by atoms with Gasteiger partial charge in [-0.1, -0.05) is 19.1 Å². The Morgan fingerprint density at radius 1 is 1.25 bits per heavy atom. The molecule has 0 aliphatic carbocycles. The van der Waals surface area contributed by atoms with E-state index >= 15 is 0 Å². The monoisotopic (exact) mass is 277 g/mol. The van der Waals surface area contributed by atoms with E-state index in [1.54, 1.807) is 24.1 Å². The van der Waals surface area contributed by atoms with Crippen LogP contribution in [0, 0.1) is 5.92 Å². The molecule has 110 valence electrons. The number of hydrogen-bond acceptors (Lipinski definition) is 3. The fourth-order valence-corrected chi connectivity index (χ4v) is 1.82. The molecule has 0 radical (unpaired) electrons. The Labute approximate surface area is 119 Å². The van der Waals surface area contributed by atoms with Crippen molar-refractivity contribution in [2.75, 3.05) is 13.6 Å². The maximum absolute atomic E-state index is 12.0. The van der Waals surface area contributed by atoms with Crippen LogP contribution in [-0.2, 0) is 11.3 Å². The van der Waals surface area contributed by atoms with Gasteiger partial charge in [-0.25, -0.2) is 0 Å².